The van der Waals surface area contributed by atoms with Crippen molar-refractivity contribution < 1.29 is 14.3 Å². The monoisotopic (exact) mass is 472 g/mol. The smallest absolute Gasteiger partial charge is 0.236 e. The molecule has 0 radical (unpaired) electrons. The van der Waals surface area contributed by atoms with Crippen LogP contribution in [0.25, 0.3) is 22.0 Å². The number of hydrogen-bond acceptors (Lipinski definition) is 5. The van der Waals surface area contributed by atoms with E-state index in [9.17, 15) is 9.59 Å². The fourth-order valence-electron chi connectivity index (χ4n) is 5.04. The second kappa shape index (κ2) is 10.5. The Kier molecular flexibility index (Phi) is 7.06. The molecule has 0 atom stereocenters. The van der Waals surface area contributed by atoms with E-state index in [1.807, 2.05) is 53.1 Å². The maximum absolute atomic E-state index is 13.4. The number of fused-ring (bicyclic) bond motifs is 1. The van der Waals surface area contributed by atoms with Gasteiger partial charge in [-0.3, -0.25) is 19.5 Å². The number of carbonyl (C=O) groups is 2. The maximum atomic E-state index is 13.4. The van der Waals surface area contributed by atoms with Crippen molar-refractivity contribution >= 4 is 22.7 Å². The van der Waals surface area contributed by atoms with E-state index < -0.39 is 0 Å². The zero-order valence-electron chi connectivity index (χ0n) is 20.3. The van der Waals surface area contributed by atoms with Crippen molar-refractivity contribution in [1.82, 2.24) is 19.7 Å². The van der Waals surface area contributed by atoms with Gasteiger partial charge in [0.25, 0.3) is 0 Å². The average Bonchev–Trinajstić information content (AvgIpc) is 2.90. The number of hydrogen-bond donors (Lipinski definition) is 0. The molecule has 0 saturated carbocycles. The number of ether oxygens (including phenoxy) is 1. The minimum Gasteiger partial charge on any atom is -0.379 e. The lowest BCUT2D eigenvalue weighted by molar-refractivity contribution is -0.140. The first-order valence-corrected chi connectivity index (χ1v) is 12.4. The first-order chi connectivity index (χ1) is 17.1. The molecule has 0 unspecified atom stereocenters. The molecule has 7 heteroatoms. The van der Waals surface area contributed by atoms with Crippen LogP contribution in [0.5, 0.6) is 0 Å². The third-order valence-corrected chi connectivity index (χ3v) is 7.04. The van der Waals surface area contributed by atoms with Crippen LogP contribution in [0.1, 0.15) is 11.3 Å². The maximum Gasteiger partial charge on any atom is 0.236 e. The summed E-state index contributed by atoms with van der Waals surface area (Å²) in [7, 11) is 0. The molecule has 3 heterocycles. The van der Waals surface area contributed by atoms with Gasteiger partial charge in [0, 0.05) is 50.3 Å². The number of piperazine rings is 1. The van der Waals surface area contributed by atoms with Crippen LogP contribution in [-0.2, 0) is 20.7 Å². The van der Waals surface area contributed by atoms with Crippen LogP contribution in [0, 0.1) is 6.92 Å². The van der Waals surface area contributed by atoms with E-state index in [0.29, 0.717) is 52.4 Å². The molecule has 2 saturated heterocycles. The average molecular weight is 473 g/mol. The molecule has 182 valence electrons. The van der Waals surface area contributed by atoms with Crippen LogP contribution < -0.4 is 0 Å². The van der Waals surface area contributed by atoms with Crippen molar-refractivity contribution in [3.8, 4) is 11.1 Å². The van der Waals surface area contributed by atoms with Crippen LogP contribution in [0.3, 0.4) is 0 Å². The Morgan fingerprint density at radius 3 is 2.17 bits per heavy atom. The van der Waals surface area contributed by atoms with E-state index in [2.05, 4.69) is 23.1 Å². The predicted octanol–water partition coefficient (Wildman–Crippen LogP) is 2.76. The predicted molar refractivity (Wildman–Crippen MR) is 136 cm³/mol. The summed E-state index contributed by atoms with van der Waals surface area (Å²) in [6.45, 7) is 7.67. The van der Waals surface area contributed by atoms with E-state index >= 15 is 0 Å². The number of rotatable bonds is 5. The Morgan fingerprint density at radius 1 is 0.829 bits per heavy atom. The lowest BCUT2D eigenvalue weighted by Gasteiger charge is -2.36. The van der Waals surface area contributed by atoms with Gasteiger partial charge in [-0.05, 0) is 29.7 Å². The zero-order chi connectivity index (χ0) is 24.2. The summed E-state index contributed by atoms with van der Waals surface area (Å²) in [4.78, 5) is 36.9. The van der Waals surface area contributed by atoms with Crippen molar-refractivity contribution in [2.45, 2.75) is 13.3 Å². The van der Waals surface area contributed by atoms with Gasteiger partial charge in [-0.2, -0.15) is 0 Å². The molecule has 0 spiro atoms. The summed E-state index contributed by atoms with van der Waals surface area (Å²) in [5, 5.41) is 1.06. The molecule has 2 amide bonds. The number of benzene rings is 2. The Hall–Kier alpha value is -3.29. The van der Waals surface area contributed by atoms with E-state index in [1.165, 1.54) is 0 Å². The highest BCUT2D eigenvalue weighted by Gasteiger charge is 2.27. The third-order valence-electron chi connectivity index (χ3n) is 7.04. The molecule has 7 nitrogen and oxygen atoms in total. The lowest BCUT2D eigenvalue weighted by Crippen LogP contribution is -2.53. The fourth-order valence-corrected chi connectivity index (χ4v) is 5.04. The van der Waals surface area contributed by atoms with Gasteiger partial charge in [0.05, 0.1) is 31.7 Å². The van der Waals surface area contributed by atoms with E-state index in [-0.39, 0.29) is 11.8 Å². The fraction of sp³-hybridized carbons (Fsp3) is 0.393. The molecule has 2 aliphatic rings. The number of aromatic nitrogens is 1. The second-order valence-corrected chi connectivity index (χ2v) is 9.26. The lowest BCUT2D eigenvalue weighted by atomic mass is 9.92. The zero-order valence-corrected chi connectivity index (χ0v) is 20.3. The molecule has 2 aliphatic heterocycles. The summed E-state index contributed by atoms with van der Waals surface area (Å²) >= 11 is 0. The van der Waals surface area contributed by atoms with E-state index in [1.54, 1.807) is 0 Å². The molecule has 1 aromatic heterocycles. The minimum absolute atomic E-state index is 0.0858. The van der Waals surface area contributed by atoms with Gasteiger partial charge < -0.3 is 14.5 Å². The normalized spacial score (nSPS) is 17.1. The number of nitrogens with zero attached hydrogens (tertiary/aromatic N) is 4. The molecule has 35 heavy (non-hydrogen) atoms. The molecule has 0 N–H and O–H groups in total. The van der Waals surface area contributed by atoms with E-state index in [0.717, 1.165) is 46.4 Å². The van der Waals surface area contributed by atoms with Crippen molar-refractivity contribution in [2.75, 3.05) is 59.0 Å². The molecular formula is C28H32N4O3. The standard InChI is InChI=1S/C28H32N4O3/c1-21-24(28(22-7-3-2-4-8-22)23-9-5-6-10-25(23)29-21)19-26(33)31-11-13-32(14-12-31)27(34)20-30-15-17-35-18-16-30/h2-10H,11-20H2,1H3. The highest BCUT2D eigenvalue weighted by molar-refractivity contribution is 5.98. The van der Waals surface area contributed by atoms with Crippen LogP contribution in [-0.4, -0.2) is 90.5 Å². The Labute approximate surface area is 206 Å². The summed E-state index contributed by atoms with van der Waals surface area (Å²) in [6.07, 6.45) is 0.301. The van der Waals surface area contributed by atoms with Crippen LogP contribution >= 0.6 is 0 Å². The van der Waals surface area contributed by atoms with Gasteiger partial charge in [0.1, 0.15) is 0 Å². The first-order valence-electron chi connectivity index (χ1n) is 12.4. The summed E-state index contributed by atoms with van der Waals surface area (Å²) in [5.74, 6) is 0.225. The highest BCUT2D eigenvalue weighted by atomic mass is 16.5. The minimum atomic E-state index is 0.0858. The third kappa shape index (κ3) is 5.21. The van der Waals surface area contributed by atoms with Crippen molar-refractivity contribution in [1.29, 1.82) is 0 Å². The van der Waals surface area contributed by atoms with Gasteiger partial charge in [0.2, 0.25) is 11.8 Å². The number of morpholine rings is 1. The summed E-state index contributed by atoms with van der Waals surface area (Å²) in [6, 6.07) is 18.4. The molecule has 3 aromatic rings. The van der Waals surface area contributed by atoms with Crippen LogP contribution in [0.15, 0.2) is 54.6 Å². The Bertz CT molecular complexity index is 1200. The molecular weight excluding hydrogens is 440 g/mol. The molecule has 0 bridgehead atoms. The number of para-hydroxylation sites is 1. The van der Waals surface area contributed by atoms with Crippen molar-refractivity contribution in [2.24, 2.45) is 0 Å². The topological polar surface area (TPSA) is 66.0 Å². The van der Waals surface area contributed by atoms with Gasteiger partial charge in [-0.1, -0.05) is 48.5 Å². The number of carbonyl (C=O) groups excluding carboxylic acids is 2. The van der Waals surface area contributed by atoms with Crippen molar-refractivity contribution in [3.05, 3.63) is 65.9 Å². The first kappa shape index (κ1) is 23.5. The molecule has 2 aromatic carbocycles. The summed E-state index contributed by atoms with van der Waals surface area (Å²) < 4.78 is 5.37. The molecule has 2 fully saturated rings. The Balaban J connectivity index is 1.30. The second-order valence-electron chi connectivity index (χ2n) is 9.26. The highest BCUT2D eigenvalue weighted by Crippen LogP contribution is 2.33. The SMILES string of the molecule is Cc1nc2ccccc2c(-c2ccccc2)c1CC(=O)N1CCN(C(=O)CN2CCOCC2)CC1. The van der Waals surface area contributed by atoms with Gasteiger partial charge in [-0.25, -0.2) is 0 Å². The largest absolute Gasteiger partial charge is 0.379 e. The molecule has 0 aliphatic carbocycles. The quantitative estimate of drug-likeness (QED) is 0.571. The van der Waals surface area contributed by atoms with Gasteiger partial charge >= 0.3 is 0 Å². The van der Waals surface area contributed by atoms with Gasteiger partial charge in [-0.15, -0.1) is 0 Å². The summed E-state index contributed by atoms with van der Waals surface area (Å²) in [5.41, 5.74) is 4.98. The molecule has 5 rings (SSSR count). The van der Waals surface area contributed by atoms with Crippen LogP contribution in [0.4, 0.5) is 0 Å². The number of amides is 2. The Morgan fingerprint density at radius 2 is 1.46 bits per heavy atom. The number of pyridine rings is 1. The van der Waals surface area contributed by atoms with Crippen molar-refractivity contribution in [3.63, 3.8) is 0 Å². The van der Waals surface area contributed by atoms with Crippen LogP contribution in [0.2, 0.25) is 0 Å². The van der Waals surface area contributed by atoms with E-state index in [4.69, 9.17) is 9.72 Å². The number of aryl methyl sites for hydroxylation is 1. The van der Waals surface area contributed by atoms with Gasteiger partial charge in [0.15, 0.2) is 0 Å².